The van der Waals surface area contributed by atoms with E-state index in [4.69, 9.17) is 0 Å². The van der Waals surface area contributed by atoms with Gasteiger partial charge in [-0.15, -0.1) is 0 Å². The zero-order valence-electron chi connectivity index (χ0n) is 10.9. The van der Waals surface area contributed by atoms with E-state index in [1.165, 1.54) is 0 Å². The molecule has 1 heterocycles. The molecule has 1 aliphatic rings. The van der Waals surface area contributed by atoms with Gasteiger partial charge in [0.05, 0.1) is 5.75 Å². The Labute approximate surface area is 110 Å². The molecular weight excluding hydrogens is 246 g/mol. The van der Waals surface area contributed by atoms with Crippen LogP contribution in [0.15, 0.2) is 24.3 Å². The van der Waals surface area contributed by atoms with E-state index in [-0.39, 0.29) is 5.75 Å². The molecule has 18 heavy (non-hydrogen) atoms. The third kappa shape index (κ3) is 3.56. The first-order chi connectivity index (χ1) is 8.58. The molecule has 1 aliphatic heterocycles. The predicted octanol–water partition coefficient (Wildman–Crippen LogP) is 2.70. The summed E-state index contributed by atoms with van der Waals surface area (Å²) >= 11 is 0. The summed E-state index contributed by atoms with van der Waals surface area (Å²) in [5.41, 5.74) is 2.04. The maximum Gasteiger partial charge on any atom is 0.218 e. The Balaban J connectivity index is 2.08. The molecule has 2 rings (SSSR count). The van der Waals surface area contributed by atoms with Crippen molar-refractivity contribution in [1.29, 1.82) is 0 Å². The minimum atomic E-state index is -3.14. The molecule has 0 unspecified atom stereocenters. The van der Waals surface area contributed by atoms with E-state index in [0.29, 0.717) is 13.1 Å². The highest BCUT2D eigenvalue weighted by Crippen LogP contribution is 2.17. The molecule has 1 aromatic carbocycles. The molecule has 4 heteroatoms. The summed E-state index contributed by atoms with van der Waals surface area (Å²) in [6.45, 7) is 3.38. The van der Waals surface area contributed by atoms with Crippen molar-refractivity contribution < 1.29 is 8.42 Å². The van der Waals surface area contributed by atoms with Crippen LogP contribution in [0.5, 0.6) is 0 Å². The molecule has 0 saturated carbocycles. The lowest BCUT2D eigenvalue weighted by Gasteiger charge is -2.19. The van der Waals surface area contributed by atoms with Crippen LogP contribution in [0.3, 0.4) is 0 Å². The van der Waals surface area contributed by atoms with E-state index < -0.39 is 10.0 Å². The first kappa shape index (κ1) is 13.6. The molecule has 0 aliphatic carbocycles. The normalized spacial score (nSPS) is 18.5. The maximum absolute atomic E-state index is 12.3. The van der Waals surface area contributed by atoms with Crippen molar-refractivity contribution in [3.8, 4) is 0 Å². The van der Waals surface area contributed by atoms with E-state index in [2.05, 4.69) is 0 Å². The van der Waals surface area contributed by atoms with Gasteiger partial charge in [0.1, 0.15) is 0 Å². The zero-order chi connectivity index (χ0) is 13.0. The fraction of sp³-hybridized carbons (Fsp3) is 0.571. The lowest BCUT2D eigenvalue weighted by atomic mass is 10.2. The van der Waals surface area contributed by atoms with Gasteiger partial charge in [-0.3, -0.25) is 0 Å². The summed E-state index contributed by atoms with van der Waals surface area (Å²) in [7, 11) is -3.14. The molecule has 0 atom stereocenters. The number of hydrogen-bond acceptors (Lipinski definition) is 2. The number of nitrogens with zero attached hydrogens (tertiary/aromatic N) is 1. The summed E-state index contributed by atoms with van der Waals surface area (Å²) in [6, 6.07) is 7.75. The van der Waals surface area contributed by atoms with Crippen molar-refractivity contribution in [3.63, 3.8) is 0 Å². The van der Waals surface area contributed by atoms with Crippen LogP contribution in [0.25, 0.3) is 0 Å². The quantitative estimate of drug-likeness (QED) is 0.844. The number of aryl methyl sites for hydroxylation is 1. The van der Waals surface area contributed by atoms with Gasteiger partial charge in [0.15, 0.2) is 0 Å². The second-order valence-electron chi connectivity index (χ2n) is 5.06. The molecular formula is C14H21NO2S. The average Bonchev–Trinajstić information content (AvgIpc) is 2.61. The maximum atomic E-state index is 12.3. The van der Waals surface area contributed by atoms with Gasteiger partial charge in [-0.05, 0) is 25.3 Å². The summed E-state index contributed by atoms with van der Waals surface area (Å²) in [5, 5.41) is 0. The summed E-state index contributed by atoms with van der Waals surface area (Å²) < 4.78 is 26.3. The van der Waals surface area contributed by atoms with Gasteiger partial charge in [-0.2, -0.15) is 0 Å². The van der Waals surface area contributed by atoms with Gasteiger partial charge in [0.2, 0.25) is 10.0 Å². The molecule has 0 amide bonds. The van der Waals surface area contributed by atoms with Gasteiger partial charge < -0.3 is 0 Å². The third-order valence-corrected chi connectivity index (χ3v) is 5.28. The Morgan fingerprint density at radius 2 is 1.56 bits per heavy atom. The standard InChI is InChI=1S/C14H21NO2S/c1-13-6-8-14(9-7-13)12-18(16,17)15-10-4-2-3-5-11-15/h6-9H,2-5,10-12H2,1H3. The van der Waals surface area contributed by atoms with E-state index in [1.807, 2.05) is 31.2 Å². The van der Waals surface area contributed by atoms with Crippen molar-refractivity contribution in [2.75, 3.05) is 13.1 Å². The highest BCUT2D eigenvalue weighted by Gasteiger charge is 2.23. The Hall–Kier alpha value is -0.870. The molecule has 0 bridgehead atoms. The van der Waals surface area contributed by atoms with Crippen LogP contribution in [-0.2, 0) is 15.8 Å². The third-order valence-electron chi connectivity index (χ3n) is 3.43. The molecule has 3 nitrogen and oxygen atoms in total. The van der Waals surface area contributed by atoms with E-state index >= 15 is 0 Å². The average molecular weight is 267 g/mol. The lowest BCUT2D eigenvalue weighted by Crippen LogP contribution is -2.32. The molecule has 100 valence electrons. The van der Waals surface area contributed by atoms with Crippen LogP contribution in [0.4, 0.5) is 0 Å². The minimum Gasteiger partial charge on any atom is -0.212 e. The monoisotopic (exact) mass is 267 g/mol. The van der Waals surface area contributed by atoms with Gasteiger partial charge >= 0.3 is 0 Å². The van der Waals surface area contributed by atoms with E-state index in [1.54, 1.807) is 4.31 Å². The van der Waals surface area contributed by atoms with Gasteiger partial charge in [0, 0.05) is 13.1 Å². The fourth-order valence-corrected chi connectivity index (χ4v) is 3.92. The molecule has 0 radical (unpaired) electrons. The predicted molar refractivity (Wildman–Crippen MR) is 73.8 cm³/mol. The van der Waals surface area contributed by atoms with Crippen LogP contribution in [0.2, 0.25) is 0 Å². The van der Waals surface area contributed by atoms with Crippen molar-refractivity contribution in [2.45, 2.75) is 38.4 Å². The minimum absolute atomic E-state index is 0.132. The molecule has 1 saturated heterocycles. The van der Waals surface area contributed by atoms with Crippen LogP contribution in [0, 0.1) is 6.92 Å². The number of rotatable bonds is 3. The lowest BCUT2D eigenvalue weighted by molar-refractivity contribution is 0.423. The smallest absolute Gasteiger partial charge is 0.212 e. The van der Waals surface area contributed by atoms with Crippen LogP contribution in [0.1, 0.15) is 36.8 Å². The highest BCUT2D eigenvalue weighted by molar-refractivity contribution is 7.88. The van der Waals surface area contributed by atoms with Crippen molar-refractivity contribution >= 4 is 10.0 Å². The van der Waals surface area contributed by atoms with Gasteiger partial charge in [0.25, 0.3) is 0 Å². The first-order valence-electron chi connectivity index (χ1n) is 6.61. The van der Waals surface area contributed by atoms with Crippen molar-refractivity contribution in [1.82, 2.24) is 4.31 Å². The van der Waals surface area contributed by atoms with Crippen molar-refractivity contribution in [2.24, 2.45) is 0 Å². The SMILES string of the molecule is Cc1ccc(CS(=O)(=O)N2CCCCCC2)cc1. The number of sulfonamides is 1. The highest BCUT2D eigenvalue weighted by atomic mass is 32.2. The zero-order valence-corrected chi connectivity index (χ0v) is 11.7. The number of benzene rings is 1. The molecule has 1 aromatic rings. The molecule has 0 N–H and O–H groups in total. The molecule has 0 aromatic heterocycles. The Morgan fingerprint density at radius 1 is 1.00 bits per heavy atom. The van der Waals surface area contributed by atoms with Crippen molar-refractivity contribution in [3.05, 3.63) is 35.4 Å². The second-order valence-corrected chi connectivity index (χ2v) is 7.02. The van der Waals surface area contributed by atoms with E-state index in [9.17, 15) is 8.42 Å². The van der Waals surface area contributed by atoms with Gasteiger partial charge in [-0.25, -0.2) is 12.7 Å². The van der Waals surface area contributed by atoms with Crippen LogP contribution >= 0.6 is 0 Å². The second kappa shape index (κ2) is 5.85. The largest absolute Gasteiger partial charge is 0.218 e. The van der Waals surface area contributed by atoms with Gasteiger partial charge in [-0.1, -0.05) is 42.7 Å². The summed E-state index contributed by atoms with van der Waals surface area (Å²) in [6.07, 6.45) is 4.29. The van der Waals surface area contributed by atoms with E-state index in [0.717, 1.165) is 36.8 Å². The molecule has 1 fully saturated rings. The Bertz CT molecular complexity index is 471. The topological polar surface area (TPSA) is 37.4 Å². The first-order valence-corrected chi connectivity index (χ1v) is 8.22. The Morgan fingerprint density at radius 3 is 2.11 bits per heavy atom. The fourth-order valence-electron chi connectivity index (χ4n) is 2.31. The summed E-state index contributed by atoms with van der Waals surface area (Å²) in [4.78, 5) is 0. The van der Waals surface area contributed by atoms with Crippen LogP contribution < -0.4 is 0 Å². The summed E-state index contributed by atoms with van der Waals surface area (Å²) in [5.74, 6) is 0.132. The number of hydrogen-bond donors (Lipinski definition) is 0. The Kier molecular flexibility index (Phi) is 4.40. The van der Waals surface area contributed by atoms with Crippen LogP contribution in [-0.4, -0.2) is 25.8 Å². The molecule has 0 spiro atoms.